The van der Waals surface area contributed by atoms with Crippen molar-refractivity contribution >= 4 is 28.5 Å². The number of nitro groups is 1. The number of nitrogens with zero attached hydrogens (tertiary/aromatic N) is 3. The molecule has 8 heteroatoms. The lowest BCUT2D eigenvalue weighted by Crippen LogP contribution is -2.42. The first-order valence-corrected chi connectivity index (χ1v) is 11.3. The van der Waals surface area contributed by atoms with Crippen LogP contribution in [-0.2, 0) is 11.2 Å². The van der Waals surface area contributed by atoms with Crippen LogP contribution in [-0.4, -0.2) is 10.7 Å². The number of nitrogens with two attached hydrogens (primary N) is 1. The monoisotopic (exact) mass is 448 g/mol. The number of Topliss-reactive ketones (excluding diaryl/α,β-unsaturated/α-hetero) is 1. The average molecular weight is 449 g/mol. The minimum absolute atomic E-state index is 0.0449. The molecule has 0 bridgehead atoms. The second-order valence-corrected chi connectivity index (χ2v) is 10.1. The fraction of sp³-hybridized carbons (Fsp3) is 0.333. The Bertz CT molecular complexity index is 1230. The highest BCUT2D eigenvalue weighted by molar-refractivity contribution is 7.12. The number of aryl methyl sites for hydroxylation is 1. The molecular formula is C24H24N4O3S. The van der Waals surface area contributed by atoms with Crippen molar-refractivity contribution in [1.82, 2.24) is 0 Å². The molecule has 1 aromatic heterocycles. The third-order valence-corrected chi connectivity index (χ3v) is 7.31. The molecule has 0 saturated heterocycles. The van der Waals surface area contributed by atoms with Crippen LogP contribution in [0.3, 0.4) is 0 Å². The second kappa shape index (κ2) is 7.92. The van der Waals surface area contributed by atoms with E-state index in [4.69, 9.17) is 5.73 Å². The number of rotatable bonds is 4. The van der Waals surface area contributed by atoms with Gasteiger partial charge in [-0.3, -0.25) is 19.8 Å². The molecule has 0 fully saturated rings. The van der Waals surface area contributed by atoms with E-state index in [2.05, 4.69) is 13.0 Å². The number of carbonyl (C=O) groups is 1. The van der Waals surface area contributed by atoms with Crippen molar-refractivity contribution in [2.45, 2.75) is 46.0 Å². The minimum atomic E-state index is -0.553. The molecule has 1 atom stereocenters. The van der Waals surface area contributed by atoms with Crippen molar-refractivity contribution in [2.24, 2.45) is 11.1 Å². The van der Waals surface area contributed by atoms with Gasteiger partial charge in [0.15, 0.2) is 5.78 Å². The van der Waals surface area contributed by atoms with Crippen LogP contribution in [0.5, 0.6) is 0 Å². The third-order valence-electron chi connectivity index (χ3n) is 6.02. The van der Waals surface area contributed by atoms with E-state index >= 15 is 0 Å². The van der Waals surface area contributed by atoms with Crippen LogP contribution >= 0.6 is 11.3 Å². The van der Waals surface area contributed by atoms with Gasteiger partial charge in [0.2, 0.25) is 0 Å². The zero-order valence-electron chi connectivity index (χ0n) is 18.2. The number of hydrogen-bond acceptors (Lipinski definition) is 7. The first-order chi connectivity index (χ1) is 15.2. The Morgan fingerprint density at radius 2 is 2.00 bits per heavy atom. The molecule has 2 aliphatic rings. The lowest BCUT2D eigenvalue weighted by molar-refractivity contribution is -0.384. The van der Waals surface area contributed by atoms with E-state index < -0.39 is 10.8 Å². The van der Waals surface area contributed by atoms with E-state index in [9.17, 15) is 20.2 Å². The second-order valence-electron chi connectivity index (χ2n) is 8.88. The molecule has 1 aliphatic carbocycles. The fourth-order valence-electron chi connectivity index (χ4n) is 4.62. The number of anilines is 1. The van der Waals surface area contributed by atoms with Gasteiger partial charge in [-0.15, -0.1) is 11.3 Å². The summed E-state index contributed by atoms with van der Waals surface area (Å²) >= 11 is 1.57. The molecule has 32 heavy (non-hydrogen) atoms. The number of thiophene rings is 1. The Morgan fingerprint density at radius 3 is 2.62 bits per heavy atom. The lowest BCUT2D eigenvalue weighted by atomic mass is 9.69. The summed E-state index contributed by atoms with van der Waals surface area (Å²) in [7, 11) is 0. The first kappa shape index (κ1) is 21.8. The summed E-state index contributed by atoms with van der Waals surface area (Å²) in [6.45, 7) is 6.06. The summed E-state index contributed by atoms with van der Waals surface area (Å²) < 4.78 is 0. The van der Waals surface area contributed by atoms with Gasteiger partial charge in [-0.2, -0.15) is 5.26 Å². The van der Waals surface area contributed by atoms with E-state index in [-0.39, 0.29) is 34.0 Å². The van der Waals surface area contributed by atoms with Gasteiger partial charge >= 0.3 is 0 Å². The molecule has 0 unspecified atom stereocenters. The van der Waals surface area contributed by atoms with Crippen molar-refractivity contribution in [3.63, 3.8) is 0 Å². The van der Waals surface area contributed by atoms with Gasteiger partial charge < -0.3 is 5.73 Å². The maximum Gasteiger partial charge on any atom is 0.293 e. The Hall–Kier alpha value is -3.44. The maximum atomic E-state index is 13.5. The zero-order valence-corrected chi connectivity index (χ0v) is 19.0. The van der Waals surface area contributed by atoms with Crippen LogP contribution in [0.15, 0.2) is 59.1 Å². The van der Waals surface area contributed by atoms with E-state index in [0.29, 0.717) is 24.1 Å². The summed E-state index contributed by atoms with van der Waals surface area (Å²) in [5.74, 6) is -0.457. The van der Waals surface area contributed by atoms with E-state index in [1.165, 1.54) is 6.07 Å². The van der Waals surface area contributed by atoms with E-state index in [0.717, 1.165) is 16.2 Å². The van der Waals surface area contributed by atoms with Crippen molar-refractivity contribution in [3.8, 4) is 6.07 Å². The van der Waals surface area contributed by atoms with Crippen molar-refractivity contribution in [2.75, 3.05) is 4.90 Å². The molecule has 164 valence electrons. The summed E-state index contributed by atoms with van der Waals surface area (Å²) in [5, 5.41) is 21.9. The van der Waals surface area contributed by atoms with Crippen LogP contribution in [0, 0.1) is 26.9 Å². The predicted molar refractivity (Wildman–Crippen MR) is 124 cm³/mol. The van der Waals surface area contributed by atoms with E-state index in [1.807, 2.05) is 26.0 Å². The molecule has 1 aliphatic heterocycles. The van der Waals surface area contributed by atoms with Crippen LogP contribution in [0.4, 0.5) is 11.4 Å². The molecule has 0 amide bonds. The first-order valence-electron chi connectivity index (χ1n) is 10.5. The molecule has 0 saturated carbocycles. The molecule has 0 radical (unpaired) electrons. The van der Waals surface area contributed by atoms with Crippen LogP contribution in [0.25, 0.3) is 0 Å². The molecule has 2 aromatic rings. The third kappa shape index (κ3) is 3.49. The Balaban J connectivity index is 2.02. The Kier molecular flexibility index (Phi) is 5.39. The van der Waals surface area contributed by atoms with Crippen LogP contribution in [0.1, 0.15) is 49.3 Å². The highest BCUT2D eigenvalue weighted by atomic mass is 32.1. The van der Waals surface area contributed by atoms with Gasteiger partial charge in [-0.25, -0.2) is 0 Å². The van der Waals surface area contributed by atoms with Crippen molar-refractivity contribution in [3.05, 3.63) is 78.9 Å². The number of hydrogen-bond donors (Lipinski definition) is 1. The quantitative estimate of drug-likeness (QED) is 0.510. The van der Waals surface area contributed by atoms with Crippen molar-refractivity contribution < 1.29 is 9.72 Å². The van der Waals surface area contributed by atoms with E-state index in [1.54, 1.807) is 34.4 Å². The standard InChI is InChI=1S/C24H24N4O3S/c1-4-14-9-10-20(32-14)21-15(13-25)23(26)27(16-7-5-6-8-17(16)28(30)31)18-11-24(2,3)12-19(29)22(18)21/h5-10,21H,4,11-12,26H2,1-3H3/t21-/m0/s1. The number of ketones is 1. The molecule has 1 aromatic carbocycles. The van der Waals surface area contributed by atoms with Gasteiger partial charge in [0.05, 0.1) is 22.5 Å². The number of nitriles is 1. The van der Waals surface area contributed by atoms with Gasteiger partial charge in [0.25, 0.3) is 5.69 Å². The van der Waals surface area contributed by atoms with Crippen LogP contribution in [0.2, 0.25) is 0 Å². The number of nitro benzene ring substituents is 1. The summed E-state index contributed by atoms with van der Waals surface area (Å²) in [6.07, 6.45) is 1.72. The molecular weight excluding hydrogens is 424 g/mol. The highest BCUT2D eigenvalue weighted by Gasteiger charge is 2.46. The van der Waals surface area contributed by atoms with Crippen LogP contribution < -0.4 is 10.6 Å². The van der Waals surface area contributed by atoms with Gasteiger partial charge in [-0.1, -0.05) is 32.9 Å². The Morgan fingerprint density at radius 1 is 1.28 bits per heavy atom. The molecule has 0 spiro atoms. The smallest absolute Gasteiger partial charge is 0.293 e. The number of carbonyl (C=O) groups excluding carboxylic acids is 1. The topological polar surface area (TPSA) is 113 Å². The SMILES string of the molecule is CCc1ccc([C@@H]2C(C#N)=C(N)N(c3ccccc3[N+](=O)[O-])C3=C2C(=O)CC(C)(C)C3)s1. The summed E-state index contributed by atoms with van der Waals surface area (Å²) in [6, 6.07) is 12.5. The Labute approximate surface area is 190 Å². The van der Waals surface area contributed by atoms with Gasteiger partial charge in [0.1, 0.15) is 11.5 Å². The van der Waals surface area contributed by atoms with Gasteiger partial charge in [0, 0.05) is 33.5 Å². The van der Waals surface area contributed by atoms with Crippen molar-refractivity contribution in [1.29, 1.82) is 5.26 Å². The molecule has 2 N–H and O–H groups in total. The van der Waals surface area contributed by atoms with Gasteiger partial charge in [-0.05, 0) is 36.5 Å². The normalized spacial score (nSPS) is 20.2. The minimum Gasteiger partial charge on any atom is -0.384 e. The summed E-state index contributed by atoms with van der Waals surface area (Å²) in [4.78, 5) is 28.4. The number of allylic oxidation sites excluding steroid dienone is 3. The number of para-hydroxylation sites is 2. The average Bonchev–Trinajstić information content (AvgIpc) is 3.21. The molecule has 2 heterocycles. The highest BCUT2D eigenvalue weighted by Crippen LogP contribution is 2.52. The maximum absolute atomic E-state index is 13.5. The largest absolute Gasteiger partial charge is 0.384 e. The lowest BCUT2D eigenvalue weighted by Gasteiger charge is -2.43. The molecule has 7 nitrogen and oxygen atoms in total. The summed E-state index contributed by atoms with van der Waals surface area (Å²) in [5.41, 5.74) is 7.78. The number of benzene rings is 1. The fourth-order valence-corrected chi connectivity index (χ4v) is 5.69. The zero-order chi connectivity index (χ0) is 23.2. The molecule has 4 rings (SSSR count). The predicted octanol–water partition coefficient (Wildman–Crippen LogP) is 5.16.